The van der Waals surface area contributed by atoms with Crippen molar-refractivity contribution in [3.8, 4) is 0 Å². The van der Waals surface area contributed by atoms with Gasteiger partial charge in [-0.05, 0) is 18.8 Å². The van der Waals surface area contributed by atoms with Crippen molar-refractivity contribution in [2.45, 2.75) is 25.7 Å². The highest BCUT2D eigenvalue weighted by Gasteiger charge is 2.18. The van der Waals surface area contributed by atoms with Gasteiger partial charge in [-0.1, -0.05) is 24.2 Å². The number of thiazole rings is 1. The maximum absolute atomic E-state index is 10.5. The summed E-state index contributed by atoms with van der Waals surface area (Å²) in [5, 5.41) is 0.962. The molecule has 0 bridgehead atoms. The van der Waals surface area contributed by atoms with Gasteiger partial charge in [0.1, 0.15) is 0 Å². The van der Waals surface area contributed by atoms with Gasteiger partial charge >= 0.3 is 0 Å². The number of aromatic nitrogens is 1. The van der Waals surface area contributed by atoms with Gasteiger partial charge < -0.3 is 4.90 Å². The summed E-state index contributed by atoms with van der Waals surface area (Å²) in [6.07, 6.45) is 7.95. The number of hydrogen-bond acceptors (Lipinski definition) is 4. The maximum atomic E-state index is 10.5. The molecule has 0 aliphatic heterocycles. The lowest BCUT2D eigenvalue weighted by atomic mass is 10.1. The Hall–Kier alpha value is -0.900. The number of rotatable bonds is 4. The van der Waals surface area contributed by atoms with Crippen molar-refractivity contribution in [2.75, 3.05) is 18.5 Å². The van der Waals surface area contributed by atoms with Crippen LogP contribution in [0.15, 0.2) is 6.20 Å². The monoisotopic (exact) mass is 224 g/mol. The standard InChI is InChI=1S/C11H16N2OS/c1-13(7-9-4-2-3-5-9)11-12-6-10(8-14)15-11/h6,8-9H,2-5,7H2,1H3. The highest BCUT2D eigenvalue weighted by Crippen LogP contribution is 2.28. The van der Waals surface area contributed by atoms with Crippen LogP contribution in [-0.2, 0) is 0 Å². The Kier molecular flexibility index (Phi) is 3.36. The largest absolute Gasteiger partial charge is 0.351 e. The lowest BCUT2D eigenvalue weighted by molar-refractivity contribution is 0.112. The molecule has 0 radical (unpaired) electrons. The second kappa shape index (κ2) is 4.75. The van der Waals surface area contributed by atoms with Crippen molar-refractivity contribution in [1.29, 1.82) is 0 Å². The predicted octanol–water partition coefficient (Wildman–Crippen LogP) is 2.58. The third-order valence-electron chi connectivity index (χ3n) is 2.96. The number of nitrogens with zero attached hydrogens (tertiary/aromatic N) is 2. The first-order chi connectivity index (χ1) is 7.29. The lowest BCUT2D eigenvalue weighted by Gasteiger charge is -2.19. The first-order valence-electron chi connectivity index (χ1n) is 5.41. The Labute approximate surface area is 94.1 Å². The number of hydrogen-bond donors (Lipinski definition) is 0. The van der Waals surface area contributed by atoms with Crippen LogP contribution in [0.5, 0.6) is 0 Å². The van der Waals surface area contributed by atoms with E-state index in [0.717, 1.165) is 23.9 Å². The molecule has 0 N–H and O–H groups in total. The Bertz CT molecular complexity index is 331. The molecule has 4 heteroatoms. The van der Waals surface area contributed by atoms with Crippen LogP contribution in [0, 0.1) is 5.92 Å². The zero-order valence-corrected chi connectivity index (χ0v) is 9.80. The quantitative estimate of drug-likeness (QED) is 0.737. The molecule has 82 valence electrons. The van der Waals surface area contributed by atoms with E-state index in [1.807, 2.05) is 0 Å². The van der Waals surface area contributed by atoms with Gasteiger partial charge in [-0.15, -0.1) is 0 Å². The van der Waals surface area contributed by atoms with Gasteiger partial charge in [0.15, 0.2) is 11.4 Å². The molecule has 15 heavy (non-hydrogen) atoms. The molecule has 1 heterocycles. The number of carbonyl (C=O) groups excluding carboxylic acids is 1. The van der Waals surface area contributed by atoms with E-state index in [9.17, 15) is 4.79 Å². The predicted molar refractivity (Wildman–Crippen MR) is 62.7 cm³/mol. The van der Waals surface area contributed by atoms with Gasteiger partial charge in [0, 0.05) is 13.6 Å². The summed E-state index contributed by atoms with van der Waals surface area (Å²) in [6.45, 7) is 1.08. The summed E-state index contributed by atoms with van der Waals surface area (Å²) in [6, 6.07) is 0. The van der Waals surface area contributed by atoms with Crippen molar-refractivity contribution in [2.24, 2.45) is 5.92 Å². The van der Waals surface area contributed by atoms with Crippen molar-refractivity contribution in [1.82, 2.24) is 4.98 Å². The molecular formula is C11H16N2OS. The minimum absolute atomic E-state index is 0.711. The Balaban J connectivity index is 1.94. The van der Waals surface area contributed by atoms with E-state index < -0.39 is 0 Å². The molecule has 1 fully saturated rings. The van der Waals surface area contributed by atoms with Crippen molar-refractivity contribution < 1.29 is 4.79 Å². The van der Waals surface area contributed by atoms with Crippen LogP contribution in [0.3, 0.4) is 0 Å². The number of anilines is 1. The third kappa shape index (κ3) is 2.56. The smallest absolute Gasteiger partial charge is 0.185 e. The minimum Gasteiger partial charge on any atom is -0.351 e. The van der Waals surface area contributed by atoms with Crippen LogP contribution in [0.2, 0.25) is 0 Å². The molecule has 0 unspecified atom stereocenters. The summed E-state index contributed by atoms with van der Waals surface area (Å²) in [5.74, 6) is 0.818. The Morgan fingerprint density at radius 1 is 1.60 bits per heavy atom. The van der Waals surface area contributed by atoms with Crippen molar-refractivity contribution in [3.05, 3.63) is 11.1 Å². The van der Waals surface area contributed by atoms with E-state index in [-0.39, 0.29) is 0 Å². The molecule has 2 rings (SSSR count). The molecule has 1 saturated carbocycles. The van der Waals surface area contributed by atoms with E-state index in [2.05, 4.69) is 16.9 Å². The van der Waals surface area contributed by atoms with Gasteiger partial charge in [0.05, 0.1) is 11.1 Å². The zero-order valence-electron chi connectivity index (χ0n) is 8.98. The van der Waals surface area contributed by atoms with E-state index in [1.54, 1.807) is 6.20 Å². The van der Waals surface area contributed by atoms with Gasteiger partial charge in [-0.2, -0.15) is 0 Å². The molecular weight excluding hydrogens is 208 g/mol. The van der Waals surface area contributed by atoms with E-state index in [4.69, 9.17) is 0 Å². The van der Waals surface area contributed by atoms with Gasteiger partial charge in [0.25, 0.3) is 0 Å². The SMILES string of the molecule is CN(CC1CCCC1)c1ncc(C=O)s1. The van der Waals surface area contributed by atoms with E-state index >= 15 is 0 Å². The van der Waals surface area contributed by atoms with Crippen LogP contribution in [-0.4, -0.2) is 24.9 Å². The van der Waals surface area contributed by atoms with E-state index in [0.29, 0.717) is 4.88 Å². The Morgan fingerprint density at radius 3 is 2.93 bits per heavy atom. The van der Waals surface area contributed by atoms with Gasteiger partial charge in [-0.3, -0.25) is 4.79 Å². The summed E-state index contributed by atoms with van der Waals surface area (Å²) >= 11 is 1.47. The fraction of sp³-hybridized carbons (Fsp3) is 0.636. The second-order valence-corrected chi connectivity index (χ2v) is 5.23. The van der Waals surface area contributed by atoms with Crippen LogP contribution in [0.25, 0.3) is 0 Å². The molecule has 1 aromatic heterocycles. The summed E-state index contributed by atoms with van der Waals surface area (Å²) in [7, 11) is 2.06. The molecule has 0 atom stereocenters. The lowest BCUT2D eigenvalue weighted by Crippen LogP contribution is -2.23. The molecule has 1 aliphatic rings. The normalized spacial score (nSPS) is 16.9. The highest BCUT2D eigenvalue weighted by atomic mass is 32.1. The van der Waals surface area contributed by atoms with Gasteiger partial charge in [-0.25, -0.2) is 4.98 Å². The zero-order chi connectivity index (χ0) is 10.7. The molecule has 1 aliphatic carbocycles. The fourth-order valence-electron chi connectivity index (χ4n) is 2.17. The Morgan fingerprint density at radius 2 is 2.33 bits per heavy atom. The summed E-state index contributed by atoms with van der Waals surface area (Å²) < 4.78 is 0. The first-order valence-corrected chi connectivity index (χ1v) is 6.23. The fourth-order valence-corrected chi connectivity index (χ4v) is 2.87. The first kappa shape index (κ1) is 10.6. The third-order valence-corrected chi connectivity index (χ3v) is 4.00. The summed E-state index contributed by atoms with van der Waals surface area (Å²) in [4.78, 5) is 17.7. The summed E-state index contributed by atoms with van der Waals surface area (Å²) in [5.41, 5.74) is 0. The number of carbonyl (C=O) groups is 1. The highest BCUT2D eigenvalue weighted by molar-refractivity contribution is 7.17. The average molecular weight is 224 g/mol. The second-order valence-electron chi connectivity index (χ2n) is 4.19. The minimum atomic E-state index is 0.711. The maximum Gasteiger partial charge on any atom is 0.185 e. The molecule has 0 spiro atoms. The topological polar surface area (TPSA) is 33.2 Å². The average Bonchev–Trinajstić information content (AvgIpc) is 2.86. The van der Waals surface area contributed by atoms with Crippen LogP contribution < -0.4 is 4.90 Å². The van der Waals surface area contributed by atoms with Gasteiger partial charge in [0.2, 0.25) is 0 Å². The van der Waals surface area contributed by atoms with Crippen molar-refractivity contribution >= 4 is 22.8 Å². The number of aldehydes is 1. The van der Waals surface area contributed by atoms with Crippen LogP contribution >= 0.6 is 11.3 Å². The molecule has 0 saturated heterocycles. The molecule has 1 aromatic rings. The molecule has 0 amide bonds. The molecule has 3 nitrogen and oxygen atoms in total. The van der Waals surface area contributed by atoms with Crippen LogP contribution in [0.1, 0.15) is 35.4 Å². The van der Waals surface area contributed by atoms with Crippen molar-refractivity contribution in [3.63, 3.8) is 0 Å². The molecule has 0 aromatic carbocycles. The van der Waals surface area contributed by atoms with Crippen LogP contribution in [0.4, 0.5) is 5.13 Å². The van der Waals surface area contributed by atoms with E-state index in [1.165, 1.54) is 37.0 Å².